The van der Waals surface area contributed by atoms with E-state index < -0.39 is 16.4 Å². The number of nitroso groups, excluding NO2 is 1. The van der Waals surface area contributed by atoms with Crippen LogP contribution in [0.5, 0.6) is 5.75 Å². The third-order valence-electron chi connectivity index (χ3n) is 7.34. The molecule has 2 saturated heterocycles. The van der Waals surface area contributed by atoms with Gasteiger partial charge in [-0.1, -0.05) is 0 Å². The van der Waals surface area contributed by atoms with Crippen LogP contribution in [0.25, 0.3) is 0 Å². The van der Waals surface area contributed by atoms with Crippen molar-refractivity contribution in [3.63, 3.8) is 0 Å². The molecular formula is C22H29N4O4S+. The molecular weight excluding hydrogens is 416 g/mol. The molecule has 31 heavy (non-hydrogen) atoms. The van der Waals surface area contributed by atoms with Crippen LogP contribution in [0.3, 0.4) is 0 Å². The molecule has 1 aromatic rings. The molecule has 2 fully saturated rings. The molecule has 3 atom stereocenters. The van der Waals surface area contributed by atoms with Gasteiger partial charge in [0.15, 0.2) is 11.3 Å². The van der Waals surface area contributed by atoms with E-state index in [1.807, 2.05) is 12.1 Å². The molecule has 2 bridgehead atoms. The van der Waals surface area contributed by atoms with E-state index >= 15 is 0 Å². The maximum absolute atomic E-state index is 14.0. The number of quaternary nitrogens is 1. The van der Waals surface area contributed by atoms with E-state index in [0.717, 1.165) is 36.7 Å². The van der Waals surface area contributed by atoms with E-state index in [1.165, 1.54) is 17.4 Å². The number of methoxy groups -OCH3 is 1. The minimum absolute atomic E-state index is 0.0162. The molecule has 0 aliphatic carbocycles. The normalized spacial score (nSPS) is 33.3. The summed E-state index contributed by atoms with van der Waals surface area (Å²) in [5.74, 6) is 1.28. The zero-order valence-electron chi connectivity index (χ0n) is 17.9. The molecule has 166 valence electrons. The minimum atomic E-state index is -1.03. The van der Waals surface area contributed by atoms with E-state index in [2.05, 4.69) is 21.9 Å². The number of hydrogen-bond donors (Lipinski definition) is 0. The van der Waals surface area contributed by atoms with Gasteiger partial charge in [-0.3, -0.25) is 14.3 Å². The number of hydroxylamine groups is 3. The topological polar surface area (TPSA) is 75.9 Å². The van der Waals surface area contributed by atoms with E-state index in [1.54, 1.807) is 13.2 Å². The summed E-state index contributed by atoms with van der Waals surface area (Å²) in [6.45, 7) is 4.63. The van der Waals surface area contributed by atoms with Crippen LogP contribution < -0.4 is 9.64 Å². The number of rotatable bonds is 5. The first-order valence-corrected chi connectivity index (χ1v) is 12.0. The largest absolute Gasteiger partial charge is 0.627 e. The maximum Gasteiger partial charge on any atom is 0.335 e. The SMILES string of the molecule is COc1ccc(N2CCN(CCC3[N+](=O)C4=CC5(CS4)C(=O)CCC[N+]35[O-])CC2)cc1. The Labute approximate surface area is 186 Å². The summed E-state index contributed by atoms with van der Waals surface area (Å²) in [5, 5.41) is 14.5. The average molecular weight is 446 g/mol. The fraction of sp³-hybridized carbons (Fsp3) is 0.591. The van der Waals surface area contributed by atoms with E-state index in [4.69, 9.17) is 4.74 Å². The summed E-state index contributed by atoms with van der Waals surface area (Å²) < 4.78 is 5.46. The number of thioether (sulfide) groups is 1. The number of hydrogen-bond acceptors (Lipinski definition) is 7. The minimum Gasteiger partial charge on any atom is -0.627 e. The molecule has 0 amide bonds. The number of ketones is 1. The predicted molar refractivity (Wildman–Crippen MR) is 120 cm³/mol. The second kappa shape index (κ2) is 7.88. The number of piperazine rings is 1. The highest BCUT2D eigenvalue weighted by Gasteiger charge is 2.68. The molecule has 0 aromatic heterocycles. The van der Waals surface area contributed by atoms with Crippen LogP contribution in [-0.4, -0.2) is 83.9 Å². The van der Waals surface area contributed by atoms with Crippen LogP contribution in [0.4, 0.5) is 5.69 Å². The lowest BCUT2D eigenvalue weighted by Crippen LogP contribution is -2.74. The number of Topliss-reactive ketones (excluding diaryl/α,β-unsaturated/α-hetero) is 1. The lowest BCUT2D eigenvalue weighted by molar-refractivity contribution is -1.02. The van der Waals surface area contributed by atoms with Crippen molar-refractivity contribution < 1.29 is 18.9 Å². The van der Waals surface area contributed by atoms with Gasteiger partial charge in [-0.15, -0.1) is 0 Å². The molecule has 0 N–H and O–H groups in total. The van der Waals surface area contributed by atoms with Crippen molar-refractivity contribution in [2.24, 2.45) is 0 Å². The Kier molecular flexibility index (Phi) is 5.32. The second-order valence-electron chi connectivity index (χ2n) is 8.86. The van der Waals surface area contributed by atoms with Crippen LogP contribution in [0.1, 0.15) is 19.3 Å². The molecule has 8 nitrogen and oxygen atoms in total. The summed E-state index contributed by atoms with van der Waals surface area (Å²) in [6, 6.07) is 8.10. The number of carbonyl (C=O) groups excluding carboxylic acids is 1. The summed E-state index contributed by atoms with van der Waals surface area (Å²) in [6.07, 6.45) is 2.47. The van der Waals surface area contributed by atoms with E-state index in [-0.39, 0.29) is 5.78 Å². The van der Waals surface area contributed by atoms with Gasteiger partial charge in [0.05, 0.1) is 36.7 Å². The van der Waals surface area contributed by atoms with Crippen molar-refractivity contribution in [1.82, 2.24) is 4.90 Å². The Hall–Kier alpha value is -1.94. The highest BCUT2D eigenvalue weighted by Crippen LogP contribution is 2.51. The zero-order valence-corrected chi connectivity index (χ0v) is 18.7. The van der Waals surface area contributed by atoms with Gasteiger partial charge in [0.25, 0.3) is 5.03 Å². The number of anilines is 1. The molecule has 0 saturated carbocycles. The van der Waals surface area contributed by atoms with Crippen LogP contribution in [-0.2, 0) is 4.79 Å². The summed E-state index contributed by atoms with van der Waals surface area (Å²) in [4.78, 5) is 30.4. The molecule has 0 radical (unpaired) electrons. The standard InChI is InChI=1S/C22H29N4O4S/c1-30-18-6-4-17(5-7-18)24-12-10-23(11-13-24)9-8-20-25(28)21-15-22(16-31-21)19(27)3-2-14-26(20,22)29/h4-7,15,20H,2-3,8-14,16H2,1H3/q+1. The maximum atomic E-state index is 14.0. The Morgan fingerprint density at radius 3 is 2.71 bits per heavy atom. The Morgan fingerprint density at radius 1 is 1.26 bits per heavy atom. The Bertz CT molecular complexity index is 915. The van der Waals surface area contributed by atoms with E-state index in [9.17, 15) is 14.9 Å². The molecule has 1 aromatic carbocycles. The van der Waals surface area contributed by atoms with Crippen molar-refractivity contribution >= 4 is 23.2 Å². The average Bonchev–Trinajstić information content (AvgIpc) is 3.22. The molecule has 3 unspecified atom stereocenters. The van der Waals surface area contributed by atoms with Gasteiger partial charge in [-0.25, -0.2) is 0 Å². The van der Waals surface area contributed by atoms with Gasteiger partial charge in [0.1, 0.15) is 5.75 Å². The van der Waals surface area contributed by atoms with Crippen molar-refractivity contribution in [2.45, 2.75) is 31.0 Å². The van der Waals surface area contributed by atoms with Gasteiger partial charge in [0.2, 0.25) is 0 Å². The lowest BCUT2D eigenvalue weighted by Gasteiger charge is -2.55. The molecule has 4 aliphatic heterocycles. The number of nitrogens with zero attached hydrogens (tertiary/aromatic N) is 4. The van der Waals surface area contributed by atoms with Gasteiger partial charge in [-0.2, -0.15) is 0 Å². The lowest BCUT2D eigenvalue weighted by atomic mass is 9.84. The van der Waals surface area contributed by atoms with Gasteiger partial charge < -0.3 is 14.8 Å². The number of carbonyl (C=O) groups is 1. The van der Waals surface area contributed by atoms with Gasteiger partial charge in [-0.05, 0) is 36.0 Å². The summed E-state index contributed by atoms with van der Waals surface area (Å²) in [7, 11) is 1.67. The van der Waals surface area contributed by atoms with Crippen molar-refractivity contribution in [2.75, 3.05) is 57.0 Å². The third-order valence-corrected chi connectivity index (χ3v) is 8.52. The highest BCUT2D eigenvalue weighted by atomic mass is 32.2. The molecule has 9 heteroatoms. The van der Waals surface area contributed by atoms with Crippen LogP contribution >= 0.6 is 11.8 Å². The fourth-order valence-electron chi connectivity index (χ4n) is 5.46. The van der Waals surface area contributed by atoms with Crippen molar-refractivity contribution in [3.05, 3.63) is 45.5 Å². The first-order chi connectivity index (χ1) is 15.0. The monoisotopic (exact) mass is 445 g/mol. The Morgan fingerprint density at radius 2 is 2.00 bits per heavy atom. The van der Waals surface area contributed by atoms with Gasteiger partial charge in [0, 0.05) is 56.2 Å². The molecule has 5 rings (SSSR count). The number of benzene rings is 1. The Balaban J connectivity index is 1.23. The number of piperidine rings is 1. The summed E-state index contributed by atoms with van der Waals surface area (Å²) >= 11 is 1.37. The van der Waals surface area contributed by atoms with Gasteiger partial charge >= 0.3 is 6.17 Å². The molecule has 4 aliphatic rings. The molecule has 1 spiro atoms. The molecule has 4 heterocycles. The highest BCUT2D eigenvalue weighted by molar-refractivity contribution is 8.03. The summed E-state index contributed by atoms with van der Waals surface area (Å²) in [5.41, 5.74) is 0.147. The van der Waals surface area contributed by atoms with Crippen LogP contribution in [0.15, 0.2) is 35.4 Å². The first-order valence-electron chi connectivity index (χ1n) is 11.0. The smallest absolute Gasteiger partial charge is 0.335 e. The second-order valence-corrected chi connectivity index (χ2v) is 9.86. The van der Waals surface area contributed by atoms with Crippen LogP contribution in [0.2, 0.25) is 0 Å². The number of ether oxygens (including phenoxy) is 1. The third kappa shape index (κ3) is 3.29. The first kappa shape index (κ1) is 20.9. The fourth-order valence-corrected chi connectivity index (χ4v) is 6.82. The quantitative estimate of drug-likeness (QED) is 0.391. The van der Waals surface area contributed by atoms with Crippen LogP contribution in [0, 0.1) is 10.1 Å². The van der Waals surface area contributed by atoms with Crippen molar-refractivity contribution in [1.29, 1.82) is 0 Å². The predicted octanol–water partition coefficient (Wildman–Crippen LogP) is 2.33. The zero-order chi connectivity index (χ0) is 21.6. The van der Waals surface area contributed by atoms with Crippen molar-refractivity contribution in [3.8, 4) is 5.75 Å². The van der Waals surface area contributed by atoms with E-state index in [0.29, 0.717) is 43.1 Å².